The summed E-state index contributed by atoms with van der Waals surface area (Å²) in [5.74, 6) is -4.67. The van der Waals surface area contributed by atoms with E-state index in [2.05, 4.69) is 19.3 Å². The summed E-state index contributed by atoms with van der Waals surface area (Å²) < 4.78 is 91.0. The number of fused-ring (bicyclic) bond motifs is 1. The van der Waals surface area contributed by atoms with E-state index < -0.39 is 121 Å². The zero-order chi connectivity index (χ0) is 43.5. The van der Waals surface area contributed by atoms with Crippen LogP contribution in [0.1, 0.15) is 47.8 Å². The molecular formula is C30H45N5O21P2. The first kappa shape index (κ1) is 48.2. The lowest BCUT2D eigenvalue weighted by Gasteiger charge is -2.35. The molecule has 28 heteroatoms. The van der Waals surface area contributed by atoms with Crippen LogP contribution in [-0.4, -0.2) is 142 Å². The number of hydrogen-bond donors (Lipinski definition) is 3. The minimum atomic E-state index is -5.93. The molecule has 58 heavy (non-hydrogen) atoms. The molecule has 326 valence electrons. The largest absolute Gasteiger partial charge is 0.483 e. The van der Waals surface area contributed by atoms with Crippen molar-refractivity contribution in [2.45, 2.75) is 96.8 Å². The molecule has 0 spiro atoms. The summed E-state index contributed by atoms with van der Waals surface area (Å²) >= 11 is 0. The first-order chi connectivity index (χ1) is 27.1. The Labute approximate surface area is 330 Å². The number of carbonyl (C=O) groups excluding carboxylic acids is 5. The molecule has 0 saturated carbocycles. The molecule has 0 aliphatic carbocycles. The summed E-state index contributed by atoms with van der Waals surface area (Å²) in [6.45, 7) is 3.52. The van der Waals surface area contributed by atoms with Gasteiger partial charge in [-0.25, -0.2) is 24.1 Å². The van der Waals surface area contributed by atoms with Crippen LogP contribution in [0.25, 0.3) is 11.2 Å². The molecule has 0 bridgehead atoms. The summed E-state index contributed by atoms with van der Waals surface area (Å²) in [6, 6.07) is 0. The molecule has 1 saturated heterocycles. The Morgan fingerprint density at radius 1 is 0.828 bits per heavy atom. The Balaban J connectivity index is 1.92. The zero-order valence-corrected chi connectivity index (χ0v) is 34.2. The Morgan fingerprint density at radius 3 is 1.95 bits per heavy atom. The van der Waals surface area contributed by atoms with Crippen LogP contribution < -0.4 is 5.73 Å². The van der Waals surface area contributed by atoms with Gasteiger partial charge in [0, 0.05) is 48.8 Å². The van der Waals surface area contributed by atoms with Gasteiger partial charge >= 0.3 is 45.5 Å². The predicted molar refractivity (Wildman–Crippen MR) is 187 cm³/mol. The highest BCUT2D eigenvalue weighted by Crippen LogP contribution is 2.61. The average molecular weight is 874 g/mol. The van der Waals surface area contributed by atoms with Crippen molar-refractivity contribution in [1.29, 1.82) is 0 Å². The fourth-order valence-corrected chi connectivity index (χ4v) is 7.65. The summed E-state index contributed by atoms with van der Waals surface area (Å²) in [5.41, 5.74) is 6.38. The highest BCUT2D eigenvalue weighted by Gasteiger charge is 2.49. The average Bonchev–Trinajstić information content (AvgIpc) is 3.69. The van der Waals surface area contributed by atoms with Gasteiger partial charge in [-0.2, -0.15) is 4.31 Å². The van der Waals surface area contributed by atoms with Crippen LogP contribution in [0, 0.1) is 0 Å². The Bertz CT molecular complexity index is 1870. The van der Waals surface area contributed by atoms with E-state index in [-0.39, 0.29) is 17.0 Å². The number of nitrogens with two attached hydrogens (primary N) is 1. The van der Waals surface area contributed by atoms with Gasteiger partial charge in [-0.05, 0) is 6.92 Å². The van der Waals surface area contributed by atoms with Gasteiger partial charge in [0.05, 0.1) is 12.9 Å². The molecule has 1 aliphatic heterocycles. The Hall–Kier alpha value is -4.20. The Morgan fingerprint density at radius 2 is 1.40 bits per heavy atom. The number of phosphoric ester groups is 2. The molecule has 1 fully saturated rings. The highest BCUT2D eigenvalue weighted by atomic mass is 31.3. The van der Waals surface area contributed by atoms with E-state index in [4.69, 9.17) is 57.4 Å². The fourth-order valence-electron chi connectivity index (χ4n) is 5.48. The van der Waals surface area contributed by atoms with E-state index in [1.165, 1.54) is 38.4 Å². The normalized spacial score (nSPS) is 22.7. The van der Waals surface area contributed by atoms with Crippen molar-refractivity contribution in [3.8, 4) is 0 Å². The van der Waals surface area contributed by atoms with Crippen LogP contribution in [0.4, 0.5) is 5.82 Å². The van der Waals surface area contributed by atoms with Crippen LogP contribution in [-0.2, 0) is 89.1 Å². The summed E-state index contributed by atoms with van der Waals surface area (Å²) in [6.07, 6.45) is -11.0. The molecule has 4 N–H and O–H groups in total. The number of aromatic nitrogens is 4. The van der Waals surface area contributed by atoms with E-state index in [9.17, 15) is 42.9 Å². The maximum atomic E-state index is 13.5. The van der Waals surface area contributed by atoms with E-state index in [0.29, 0.717) is 0 Å². The number of esters is 5. The van der Waals surface area contributed by atoms with E-state index in [1.54, 1.807) is 0 Å². The molecule has 0 radical (unpaired) electrons. The van der Waals surface area contributed by atoms with Crippen molar-refractivity contribution in [3.05, 3.63) is 12.7 Å². The second kappa shape index (κ2) is 21.2. The van der Waals surface area contributed by atoms with Crippen molar-refractivity contribution in [3.63, 3.8) is 0 Å². The number of nitrogens with zero attached hydrogens (tertiary/aromatic N) is 4. The van der Waals surface area contributed by atoms with Gasteiger partial charge < -0.3 is 58.2 Å². The monoisotopic (exact) mass is 873 g/mol. The highest BCUT2D eigenvalue weighted by molar-refractivity contribution is 7.61. The second-order valence-corrected chi connectivity index (χ2v) is 15.1. The standard InChI is InChI=1S/C30H45N5O21P2/c1-14(50-17(4)38)24(20(51-18(5)39)9-47-15(2)36)54-30(22(52-19(6)40)10-48-16(3)37)55-58(43,44)56-57(41,42)49-11-21-25(45-7)26(46-8)29(53-21)35-13-34-23-27(31)32-12-33-28(23)35/h12-14,20-22,24-26,29-30H,9-11H2,1-8H3,(H,41,42)(H,43,44)(H2,31,32,33)/t14-,20+,21?,22+,24?,25?,26?,29?,30?/m0/s1. The molecule has 2 aromatic rings. The summed E-state index contributed by atoms with van der Waals surface area (Å²) in [7, 11) is -8.96. The minimum Gasteiger partial charge on any atom is -0.462 e. The third kappa shape index (κ3) is 14.0. The van der Waals surface area contributed by atoms with Crippen molar-refractivity contribution in [1.82, 2.24) is 19.5 Å². The van der Waals surface area contributed by atoms with Crippen molar-refractivity contribution in [2.75, 3.05) is 39.8 Å². The van der Waals surface area contributed by atoms with Crippen molar-refractivity contribution >= 4 is 62.5 Å². The van der Waals surface area contributed by atoms with Gasteiger partial charge in [0.15, 0.2) is 29.9 Å². The van der Waals surface area contributed by atoms with Crippen molar-refractivity contribution in [2.24, 2.45) is 0 Å². The number of methoxy groups -OCH3 is 2. The lowest BCUT2D eigenvalue weighted by molar-refractivity contribution is -0.242. The molecule has 1 aliphatic rings. The Kier molecular flexibility index (Phi) is 17.6. The number of carbonyl (C=O) groups is 5. The number of ether oxygens (including phenoxy) is 9. The molecule has 3 heterocycles. The van der Waals surface area contributed by atoms with Crippen molar-refractivity contribution < 1.29 is 98.9 Å². The van der Waals surface area contributed by atoms with E-state index in [0.717, 1.165) is 34.6 Å². The smallest absolute Gasteiger partial charge is 0.462 e. The third-order valence-electron chi connectivity index (χ3n) is 7.65. The van der Waals surface area contributed by atoms with E-state index >= 15 is 0 Å². The van der Waals surface area contributed by atoms with Crippen LogP contribution >= 0.6 is 15.6 Å². The molecule has 0 amide bonds. The van der Waals surface area contributed by atoms with Gasteiger partial charge in [0.2, 0.25) is 6.29 Å². The van der Waals surface area contributed by atoms with Gasteiger partial charge in [-0.15, -0.1) is 0 Å². The minimum absolute atomic E-state index is 0.0757. The molecule has 11 atom stereocenters. The first-order valence-corrected chi connectivity index (χ1v) is 19.8. The second-order valence-electron chi connectivity index (χ2n) is 12.2. The molecule has 26 nitrogen and oxygen atoms in total. The van der Waals surface area contributed by atoms with Crippen LogP contribution in [0.15, 0.2) is 12.7 Å². The number of rotatable bonds is 22. The van der Waals surface area contributed by atoms with Crippen LogP contribution in [0.2, 0.25) is 0 Å². The number of phosphoric acid groups is 2. The molecule has 2 aromatic heterocycles. The fraction of sp³-hybridized carbons (Fsp3) is 0.667. The third-order valence-corrected chi connectivity index (χ3v) is 10.2. The number of nitrogen functional groups attached to an aromatic ring is 1. The summed E-state index contributed by atoms with van der Waals surface area (Å²) in [5, 5.41) is 0. The maximum Gasteiger partial charge on any atom is 0.483 e. The lowest BCUT2D eigenvalue weighted by Crippen LogP contribution is -2.50. The molecule has 0 aromatic carbocycles. The maximum absolute atomic E-state index is 13.5. The zero-order valence-electron chi connectivity index (χ0n) is 32.4. The van der Waals surface area contributed by atoms with Crippen LogP contribution in [0.5, 0.6) is 0 Å². The van der Waals surface area contributed by atoms with Gasteiger partial charge in [-0.1, -0.05) is 0 Å². The topological polar surface area (TPSA) is 340 Å². The van der Waals surface area contributed by atoms with E-state index in [1.807, 2.05) is 0 Å². The quantitative estimate of drug-likeness (QED) is 0.0617. The van der Waals surface area contributed by atoms with Gasteiger partial charge in [0.25, 0.3) is 0 Å². The van der Waals surface area contributed by atoms with Gasteiger partial charge in [-0.3, -0.25) is 37.6 Å². The molecule has 8 unspecified atom stereocenters. The first-order valence-electron chi connectivity index (χ1n) is 16.9. The lowest BCUT2D eigenvalue weighted by atomic mass is 10.1. The summed E-state index contributed by atoms with van der Waals surface area (Å²) in [4.78, 5) is 93.2. The van der Waals surface area contributed by atoms with Crippen LogP contribution in [0.3, 0.4) is 0 Å². The number of hydrogen-bond acceptors (Lipinski definition) is 23. The molecule has 3 rings (SSSR count). The number of anilines is 1. The van der Waals surface area contributed by atoms with Gasteiger partial charge in [0.1, 0.15) is 55.6 Å². The number of imidazole rings is 1. The molecular weight excluding hydrogens is 828 g/mol. The SMILES string of the molecule is COC1C(COP(=O)(O)OP(=O)(O)OC(OC([C@H](C)OC(C)=O)[C@@H](COC(C)=O)OC(C)=O)[C@@H](COC(C)=O)OC(C)=O)OC(n2cnc3c(N)ncnc32)C1OC. The predicted octanol–water partition coefficient (Wildman–Crippen LogP) is 0.239.